The van der Waals surface area contributed by atoms with E-state index in [1.165, 1.54) is 0 Å². The average Bonchev–Trinajstić information content (AvgIpc) is 1.83. The lowest BCUT2D eigenvalue weighted by molar-refractivity contribution is 0.233. The predicted octanol–water partition coefficient (Wildman–Crippen LogP) is 1.21. The summed E-state index contributed by atoms with van der Waals surface area (Å²) in [6.45, 7) is 2.48. The first-order valence-corrected chi connectivity index (χ1v) is 2.43. The Kier molecular flexibility index (Phi) is 4.01. The van der Waals surface area contributed by atoms with E-state index >= 15 is 0 Å². The Morgan fingerprint density at radius 3 is 2.88 bits per heavy atom. The zero-order valence-electron chi connectivity index (χ0n) is 5.27. The van der Waals surface area contributed by atoms with E-state index in [2.05, 4.69) is 5.92 Å². The second-order valence-electron chi connectivity index (χ2n) is 1.49. The first kappa shape index (κ1) is 7.26. The van der Waals surface area contributed by atoms with Crippen molar-refractivity contribution in [2.75, 3.05) is 13.7 Å². The number of allylic oxidation sites excluding steroid dienone is 1. The molecule has 0 aromatic carbocycles. The lowest BCUT2D eigenvalue weighted by Gasteiger charge is -1.87. The molecular weight excluding hydrogens is 100 g/mol. The van der Waals surface area contributed by atoms with Gasteiger partial charge in [-0.25, -0.2) is 0 Å². The highest BCUT2D eigenvalue weighted by Crippen LogP contribution is 1.86. The smallest absolute Gasteiger partial charge is 0.0655 e. The van der Waals surface area contributed by atoms with Crippen LogP contribution < -0.4 is 0 Å². The van der Waals surface area contributed by atoms with Gasteiger partial charge in [-0.2, -0.15) is 0 Å². The van der Waals surface area contributed by atoms with E-state index in [-0.39, 0.29) is 0 Å². The molecule has 8 heavy (non-hydrogen) atoms. The average molecular weight is 110 g/mol. The summed E-state index contributed by atoms with van der Waals surface area (Å²) in [6.07, 6.45) is 6.90. The molecule has 0 unspecified atom stereocenters. The number of ether oxygens (including phenoxy) is 1. The van der Waals surface area contributed by atoms with Crippen molar-refractivity contribution in [2.45, 2.75) is 6.92 Å². The van der Waals surface area contributed by atoms with Crippen molar-refractivity contribution in [3.63, 3.8) is 0 Å². The fourth-order valence-electron chi connectivity index (χ4n) is 0.267. The number of methoxy groups -OCH3 is 1. The van der Waals surface area contributed by atoms with Crippen LogP contribution in [0.2, 0.25) is 0 Å². The summed E-state index contributed by atoms with van der Waals surface area (Å²) in [5.74, 6) is 2.48. The Hall–Kier alpha value is -0.740. The molecule has 0 aromatic rings. The minimum absolute atomic E-state index is 0.607. The molecule has 0 bridgehead atoms. The topological polar surface area (TPSA) is 9.23 Å². The van der Waals surface area contributed by atoms with Crippen molar-refractivity contribution in [2.24, 2.45) is 0 Å². The van der Waals surface area contributed by atoms with Gasteiger partial charge in [-0.15, -0.1) is 6.42 Å². The Labute approximate surface area is 50.4 Å². The molecule has 0 saturated heterocycles. The largest absolute Gasteiger partial charge is 0.381 e. The van der Waals surface area contributed by atoms with E-state index in [4.69, 9.17) is 11.2 Å². The highest BCUT2D eigenvalue weighted by molar-refractivity contribution is 5.22. The maximum absolute atomic E-state index is 5.04. The third-order valence-corrected chi connectivity index (χ3v) is 0.784. The summed E-state index contributed by atoms with van der Waals surface area (Å²) in [6, 6.07) is 0. The lowest BCUT2D eigenvalue weighted by Crippen LogP contribution is -1.81. The maximum Gasteiger partial charge on any atom is 0.0655 e. The van der Waals surface area contributed by atoms with Crippen LogP contribution >= 0.6 is 0 Å². The highest BCUT2D eigenvalue weighted by Gasteiger charge is 1.76. The number of hydrogen-bond donors (Lipinski definition) is 0. The van der Waals surface area contributed by atoms with E-state index in [0.29, 0.717) is 6.61 Å². The van der Waals surface area contributed by atoms with Gasteiger partial charge in [0.25, 0.3) is 0 Å². The second-order valence-corrected chi connectivity index (χ2v) is 1.49. The van der Waals surface area contributed by atoms with Crippen LogP contribution in [0.4, 0.5) is 0 Å². The summed E-state index contributed by atoms with van der Waals surface area (Å²) >= 11 is 0. The van der Waals surface area contributed by atoms with Crippen LogP contribution in [0.5, 0.6) is 0 Å². The molecule has 0 aliphatic rings. The fraction of sp³-hybridized carbons (Fsp3) is 0.429. The van der Waals surface area contributed by atoms with Gasteiger partial charge in [-0.3, -0.25) is 0 Å². The van der Waals surface area contributed by atoms with Gasteiger partial charge in [0.2, 0.25) is 0 Å². The summed E-state index contributed by atoms with van der Waals surface area (Å²) in [5.41, 5.74) is 0.923. The van der Waals surface area contributed by atoms with Gasteiger partial charge in [-0.05, 0) is 18.6 Å². The minimum atomic E-state index is 0.607. The van der Waals surface area contributed by atoms with Crippen LogP contribution in [-0.4, -0.2) is 13.7 Å². The molecule has 0 fully saturated rings. The van der Waals surface area contributed by atoms with Gasteiger partial charge >= 0.3 is 0 Å². The van der Waals surface area contributed by atoms with Gasteiger partial charge in [0.1, 0.15) is 0 Å². The minimum Gasteiger partial charge on any atom is -0.381 e. The standard InChI is InChI=1S/C7H10O/c1-4-7(2)5-6-8-3/h1,5H,6H2,2-3H3/b7-5+. The first-order chi connectivity index (χ1) is 3.81. The third-order valence-electron chi connectivity index (χ3n) is 0.784. The van der Waals surface area contributed by atoms with Crippen LogP contribution in [0.1, 0.15) is 6.92 Å². The number of hydrogen-bond acceptors (Lipinski definition) is 1. The summed E-state index contributed by atoms with van der Waals surface area (Å²) in [7, 11) is 1.64. The van der Waals surface area contributed by atoms with Crippen molar-refractivity contribution in [3.05, 3.63) is 11.6 Å². The van der Waals surface area contributed by atoms with Gasteiger partial charge in [0.15, 0.2) is 0 Å². The Balaban J connectivity index is 3.46. The van der Waals surface area contributed by atoms with E-state index in [9.17, 15) is 0 Å². The first-order valence-electron chi connectivity index (χ1n) is 2.43. The van der Waals surface area contributed by atoms with Crippen molar-refractivity contribution >= 4 is 0 Å². The second kappa shape index (κ2) is 4.42. The van der Waals surface area contributed by atoms with Gasteiger partial charge in [-0.1, -0.05) is 5.92 Å². The van der Waals surface area contributed by atoms with Crippen LogP contribution in [-0.2, 0) is 4.74 Å². The molecule has 0 N–H and O–H groups in total. The van der Waals surface area contributed by atoms with Gasteiger partial charge in [0, 0.05) is 7.11 Å². The van der Waals surface area contributed by atoms with Crippen LogP contribution in [0.25, 0.3) is 0 Å². The molecule has 0 radical (unpaired) electrons. The maximum atomic E-state index is 5.04. The van der Waals surface area contributed by atoms with Gasteiger partial charge < -0.3 is 4.74 Å². The molecule has 0 heterocycles. The van der Waals surface area contributed by atoms with E-state index < -0.39 is 0 Å². The molecule has 0 aliphatic heterocycles. The zero-order valence-corrected chi connectivity index (χ0v) is 5.27. The molecular formula is C7H10O. The van der Waals surface area contributed by atoms with Crippen LogP contribution in [0.15, 0.2) is 11.6 Å². The molecule has 0 amide bonds. The molecule has 0 rings (SSSR count). The molecule has 1 heteroatoms. The van der Waals surface area contributed by atoms with E-state index in [0.717, 1.165) is 5.57 Å². The Morgan fingerprint density at radius 1 is 1.88 bits per heavy atom. The van der Waals surface area contributed by atoms with Crippen molar-refractivity contribution in [1.29, 1.82) is 0 Å². The van der Waals surface area contributed by atoms with E-state index in [1.54, 1.807) is 7.11 Å². The quantitative estimate of drug-likeness (QED) is 0.485. The highest BCUT2D eigenvalue weighted by atomic mass is 16.5. The molecule has 44 valence electrons. The Morgan fingerprint density at radius 2 is 2.50 bits per heavy atom. The normalized spacial score (nSPS) is 10.9. The fourth-order valence-corrected chi connectivity index (χ4v) is 0.267. The molecule has 0 aliphatic carbocycles. The summed E-state index contributed by atoms with van der Waals surface area (Å²) in [4.78, 5) is 0. The lowest BCUT2D eigenvalue weighted by atomic mass is 10.3. The van der Waals surface area contributed by atoms with Gasteiger partial charge in [0.05, 0.1) is 6.61 Å². The molecule has 0 saturated carbocycles. The van der Waals surface area contributed by atoms with Crippen molar-refractivity contribution in [3.8, 4) is 12.3 Å². The SMILES string of the molecule is C#C/C(C)=C/COC. The summed E-state index contributed by atoms with van der Waals surface area (Å²) < 4.78 is 4.74. The van der Waals surface area contributed by atoms with E-state index in [1.807, 2.05) is 13.0 Å². The van der Waals surface area contributed by atoms with Crippen molar-refractivity contribution < 1.29 is 4.74 Å². The van der Waals surface area contributed by atoms with Crippen LogP contribution in [0, 0.1) is 12.3 Å². The monoisotopic (exact) mass is 110 g/mol. The molecule has 1 nitrogen and oxygen atoms in total. The number of terminal acetylenes is 1. The third kappa shape index (κ3) is 3.45. The summed E-state index contributed by atoms with van der Waals surface area (Å²) in [5, 5.41) is 0. The predicted molar refractivity (Wildman–Crippen MR) is 34.5 cm³/mol. The molecule has 0 atom stereocenters. The Bertz CT molecular complexity index is 117. The van der Waals surface area contributed by atoms with Crippen LogP contribution in [0.3, 0.4) is 0 Å². The number of rotatable bonds is 2. The molecule has 0 spiro atoms. The molecule has 0 aromatic heterocycles. The zero-order chi connectivity index (χ0) is 6.41. The van der Waals surface area contributed by atoms with Crippen molar-refractivity contribution in [1.82, 2.24) is 0 Å².